The fraction of sp³-hybridized carbons (Fsp3) is 0.800. The Morgan fingerprint density at radius 1 is 0.632 bits per heavy atom. The van der Waals surface area contributed by atoms with Crippen LogP contribution in [0.4, 0.5) is 0 Å². The fourth-order valence-corrected chi connectivity index (χ4v) is 3.97. The SMILES string of the molecule is C[N+](C)(C)CC(O)(CC(=O)[O-])C(=O)CCCC(=O)O.C[N+](C)(C)CC(O)(CC(=O)[O-])C(=O)CCCCCO. The molecule has 0 aromatic rings. The van der Waals surface area contributed by atoms with Crippen LogP contribution in [0.5, 0.6) is 0 Å². The van der Waals surface area contributed by atoms with E-state index in [1.807, 2.05) is 0 Å². The van der Waals surface area contributed by atoms with E-state index in [1.54, 1.807) is 42.3 Å². The van der Waals surface area contributed by atoms with Crippen LogP contribution in [0.25, 0.3) is 0 Å². The summed E-state index contributed by atoms with van der Waals surface area (Å²) in [7, 11) is 10.5. The van der Waals surface area contributed by atoms with Crippen molar-refractivity contribution in [3.05, 3.63) is 0 Å². The van der Waals surface area contributed by atoms with E-state index in [9.17, 15) is 44.4 Å². The van der Waals surface area contributed by atoms with Crippen molar-refractivity contribution in [1.29, 1.82) is 0 Å². The number of unbranched alkanes of at least 4 members (excludes halogenated alkanes) is 2. The molecule has 0 heterocycles. The Balaban J connectivity index is 0. The summed E-state index contributed by atoms with van der Waals surface area (Å²) in [4.78, 5) is 55.7. The Labute approximate surface area is 224 Å². The number of carboxylic acids is 3. The number of Topliss-reactive ketones (excluding diaryl/α,β-unsaturated/α-hetero) is 2. The lowest BCUT2D eigenvalue weighted by atomic mass is 9.89. The first-order chi connectivity index (χ1) is 17.1. The zero-order valence-electron chi connectivity index (χ0n) is 23.5. The third kappa shape index (κ3) is 18.7. The molecule has 0 amide bonds. The molecule has 0 aliphatic carbocycles. The summed E-state index contributed by atoms with van der Waals surface area (Å²) in [5.41, 5.74) is -3.90. The average Bonchev–Trinajstić information content (AvgIpc) is 2.67. The molecule has 13 nitrogen and oxygen atoms in total. The van der Waals surface area contributed by atoms with Gasteiger partial charge in [0.25, 0.3) is 0 Å². The molecule has 0 fully saturated rings. The number of likely N-dealkylation sites (N-methyl/N-ethyl adjacent to an activating group) is 2. The van der Waals surface area contributed by atoms with Gasteiger partial charge >= 0.3 is 5.97 Å². The van der Waals surface area contributed by atoms with Crippen LogP contribution in [0.3, 0.4) is 0 Å². The van der Waals surface area contributed by atoms with Crippen molar-refractivity contribution in [2.24, 2.45) is 0 Å². The number of carbonyl (C=O) groups excluding carboxylic acids is 4. The monoisotopic (exact) mass is 550 g/mol. The fourth-order valence-electron chi connectivity index (χ4n) is 3.97. The minimum atomic E-state index is -2.02. The third-order valence-electron chi connectivity index (χ3n) is 5.24. The van der Waals surface area contributed by atoms with Crippen molar-refractivity contribution in [1.82, 2.24) is 0 Å². The molecule has 0 saturated carbocycles. The number of carboxylic acid groups (broad SMARTS) is 3. The molecule has 0 spiro atoms. The predicted molar refractivity (Wildman–Crippen MR) is 132 cm³/mol. The van der Waals surface area contributed by atoms with Gasteiger partial charge in [-0.25, -0.2) is 0 Å². The topological polar surface area (TPSA) is 212 Å². The Morgan fingerprint density at radius 3 is 1.29 bits per heavy atom. The largest absolute Gasteiger partial charge is 0.550 e. The minimum Gasteiger partial charge on any atom is -0.550 e. The predicted octanol–water partition coefficient (Wildman–Crippen LogP) is -2.93. The quantitative estimate of drug-likeness (QED) is 0.0944. The number of hydrogen-bond donors (Lipinski definition) is 4. The number of nitrogens with zero attached hydrogens (tertiary/aromatic N) is 2. The van der Waals surface area contributed by atoms with Crippen LogP contribution >= 0.6 is 0 Å². The highest BCUT2D eigenvalue weighted by Gasteiger charge is 2.41. The van der Waals surface area contributed by atoms with E-state index in [0.717, 1.165) is 0 Å². The van der Waals surface area contributed by atoms with Crippen molar-refractivity contribution in [3.63, 3.8) is 0 Å². The molecule has 0 rings (SSSR count). The first kappa shape index (κ1) is 37.7. The summed E-state index contributed by atoms with van der Waals surface area (Å²) in [6, 6.07) is 0. The molecule has 0 bridgehead atoms. The molecule has 0 aliphatic rings. The molecule has 2 atom stereocenters. The maximum Gasteiger partial charge on any atom is 0.303 e. The van der Waals surface area contributed by atoms with Gasteiger partial charge in [0.1, 0.15) is 13.1 Å². The van der Waals surface area contributed by atoms with Crippen molar-refractivity contribution in [2.45, 2.75) is 69.0 Å². The van der Waals surface area contributed by atoms with Crippen LogP contribution in [0.1, 0.15) is 57.8 Å². The van der Waals surface area contributed by atoms with Gasteiger partial charge in [-0.3, -0.25) is 14.4 Å². The van der Waals surface area contributed by atoms with Gasteiger partial charge in [0.05, 0.1) is 42.3 Å². The van der Waals surface area contributed by atoms with Crippen LogP contribution in [-0.2, 0) is 24.0 Å². The Morgan fingerprint density at radius 2 is 1.00 bits per heavy atom. The number of quaternary nitrogens is 2. The molecular formula is C25H46N2O11. The Hall–Kier alpha value is -2.45. The summed E-state index contributed by atoms with van der Waals surface area (Å²) in [5, 5.41) is 59.0. The van der Waals surface area contributed by atoms with Gasteiger partial charge in [0, 0.05) is 50.6 Å². The van der Waals surface area contributed by atoms with Crippen LogP contribution in [0.15, 0.2) is 0 Å². The molecule has 4 N–H and O–H groups in total. The molecule has 0 radical (unpaired) electrons. The van der Waals surface area contributed by atoms with Gasteiger partial charge in [0.2, 0.25) is 0 Å². The van der Waals surface area contributed by atoms with Crippen molar-refractivity contribution in [2.75, 3.05) is 62.0 Å². The first-order valence-corrected chi connectivity index (χ1v) is 12.4. The number of carbonyl (C=O) groups is 5. The molecular weight excluding hydrogens is 504 g/mol. The van der Waals surface area contributed by atoms with Crippen LogP contribution < -0.4 is 10.2 Å². The second-order valence-corrected chi connectivity index (χ2v) is 11.7. The van der Waals surface area contributed by atoms with Crippen molar-refractivity contribution >= 4 is 29.5 Å². The standard InChI is InChI=1S/C13H25NO5.C12H21NO6/c1-14(2,3)10-13(19,9-12(17)18)11(16)7-5-4-6-8-15;1-13(2,3)8-12(19,7-11(17)18)9(14)5-4-6-10(15)16/h15,19H,4-10H2,1-3H3;19H,4-8H2,1-3H3,(H-,15,16,17,18). The highest BCUT2D eigenvalue weighted by atomic mass is 16.4. The zero-order valence-corrected chi connectivity index (χ0v) is 23.5. The molecule has 222 valence electrons. The number of ketones is 2. The Kier molecular flexibility index (Phi) is 16.4. The van der Waals surface area contributed by atoms with Gasteiger partial charge < -0.3 is 49.2 Å². The molecule has 0 saturated heterocycles. The van der Waals surface area contributed by atoms with Gasteiger partial charge in [-0.15, -0.1) is 0 Å². The lowest BCUT2D eigenvalue weighted by Crippen LogP contribution is -2.56. The van der Waals surface area contributed by atoms with Gasteiger partial charge in [-0.2, -0.15) is 0 Å². The van der Waals surface area contributed by atoms with Crippen molar-refractivity contribution in [3.8, 4) is 0 Å². The molecule has 13 heteroatoms. The highest BCUT2D eigenvalue weighted by Crippen LogP contribution is 2.20. The molecule has 0 aromatic carbocycles. The summed E-state index contributed by atoms with van der Waals surface area (Å²) in [6.45, 7) is 0.0169. The Bertz CT molecular complexity index is 802. The maximum atomic E-state index is 12.0. The number of rotatable bonds is 19. The second-order valence-electron chi connectivity index (χ2n) is 11.7. The van der Waals surface area contributed by atoms with Crippen molar-refractivity contribution < 1.29 is 63.6 Å². The molecule has 38 heavy (non-hydrogen) atoms. The maximum absolute atomic E-state index is 12.0. The number of hydrogen-bond acceptors (Lipinski definition) is 10. The van der Waals surface area contributed by atoms with E-state index in [0.29, 0.717) is 19.3 Å². The molecule has 0 aliphatic heterocycles. The lowest BCUT2D eigenvalue weighted by molar-refractivity contribution is -0.875. The van der Waals surface area contributed by atoms with E-state index in [4.69, 9.17) is 10.2 Å². The van der Waals surface area contributed by atoms with E-state index >= 15 is 0 Å². The van der Waals surface area contributed by atoms with Gasteiger partial charge in [-0.1, -0.05) is 6.42 Å². The zero-order chi connectivity index (χ0) is 30.4. The first-order valence-electron chi connectivity index (χ1n) is 12.4. The van der Waals surface area contributed by atoms with E-state index in [2.05, 4.69) is 0 Å². The normalized spacial score (nSPS) is 14.9. The van der Waals surface area contributed by atoms with Crippen LogP contribution in [0, 0.1) is 0 Å². The molecule has 2 unspecified atom stereocenters. The average molecular weight is 551 g/mol. The third-order valence-corrected chi connectivity index (χ3v) is 5.24. The minimum absolute atomic E-state index is 0.0276. The summed E-state index contributed by atoms with van der Waals surface area (Å²) >= 11 is 0. The van der Waals surface area contributed by atoms with Crippen LogP contribution in [0.2, 0.25) is 0 Å². The van der Waals surface area contributed by atoms with Crippen LogP contribution in [-0.4, -0.2) is 132 Å². The second kappa shape index (κ2) is 16.5. The summed E-state index contributed by atoms with van der Waals surface area (Å²) < 4.78 is 0.487. The van der Waals surface area contributed by atoms with Gasteiger partial charge in [-0.05, 0) is 19.3 Å². The lowest BCUT2D eigenvalue weighted by Gasteiger charge is -2.34. The summed E-state index contributed by atoms with van der Waals surface area (Å²) in [6.07, 6.45) is 0.162. The summed E-state index contributed by atoms with van der Waals surface area (Å²) in [5.74, 6) is -5.11. The highest BCUT2D eigenvalue weighted by molar-refractivity contribution is 5.91. The van der Waals surface area contributed by atoms with E-state index in [1.165, 1.54) is 0 Å². The van der Waals surface area contributed by atoms with E-state index < -0.39 is 53.5 Å². The van der Waals surface area contributed by atoms with Gasteiger partial charge in [0.15, 0.2) is 22.8 Å². The number of aliphatic hydroxyl groups excluding tert-OH is 1. The molecule has 0 aromatic heterocycles. The smallest absolute Gasteiger partial charge is 0.303 e. The number of aliphatic carboxylic acids is 3. The van der Waals surface area contributed by atoms with E-state index in [-0.39, 0.29) is 54.3 Å². The number of aliphatic hydroxyl groups is 3.